The third kappa shape index (κ3) is 9.40. The number of halogens is 3. The van der Waals surface area contributed by atoms with Crippen molar-refractivity contribution >= 4 is 23.8 Å². The number of aliphatic hydroxyl groups is 1. The van der Waals surface area contributed by atoms with Crippen LogP contribution < -0.4 is 5.32 Å². The van der Waals surface area contributed by atoms with Crippen LogP contribution in [0, 0.1) is 0 Å². The molecule has 0 aromatic heterocycles. The topological polar surface area (TPSA) is 95.9 Å². The Bertz CT molecular complexity index is 370. The van der Waals surface area contributed by atoms with Crippen molar-refractivity contribution in [3.05, 3.63) is 0 Å². The largest absolute Gasteiger partial charge is 0.480 e. The fraction of sp³-hybridized carbons (Fsp3) is 0.818. The molecule has 10 heteroatoms. The van der Waals surface area contributed by atoms with E-state index >= 15 is 0 Å². The fourth-order valence-corrected chi connectivity index (χ4v) is 2.03. The fourth-order valence-electron chi connectivity index (χ4n) is 1.02. The Morgan fingerprint density at radius 2 is 1.76 bits per heavy atom. The first kappa shape index (κ1) is 19.8. The normalized spacial score (nSPS) is 15.2. The molecule has 0 heterocycles. The van der Waals surface area contributed by atoms with Gasteiger partial charge in [-0.3, -0.25) is 0 Å². The maximum atomic E-state index is 12.1. The van der Waals surface area contributed by atoms with Gasteiger partial charge >= 0.3 is 18.2 Å². The van der Waals surface area contributed by atoms with Crippen molar-refractivity contribution in [3.8, 4) is 0 Å². The molecular weight excluding hydrogens is 315 g/mol. The van der Waals surface area contributed by atoms with Gasteiger partial charge in [-0.15, -0.1) is 0 Å². The summed E-state index contributed by atoms with van der Waals surface area (Å²) in [5.74, 6) is -2.46. The van der Waals surface area contributed by atoms with Crippen molar-refractivity contribution < 1.29 is 37.7 Å². The Kier molecular flexibility index (Phi) is 7.31. The molecule has 2 atom stereocenters. The zero-order valence-electron chi connectivity index (χ0n) is 11.7. The summed E-state index contributed by atoms with van der Waals surface area (Å²) in [6, 6.07) is -1.41. The maximum Gasteiger partial charge on any atom is 0.415 e. The van der Waals surface area contributed by atoms with E-state index < -0.39 is 41.7 Å². The zero-order chi connectivity index (χ0) is 16.8. The molecule has 0 aliphatic rings. The first-order valence-electron chi connectivity index (χ1n) is 5.88. The molecule has 0 bridgehead atoms. The summed E-state index contributed by atoms with van der Waals surface area (Å²) in [5.41, 5.74) is -0.827. The second-order valence-corrected chi connectivity index (χ2v) is 6.21. The molecule has 21 heavy (non-hydrogen) atoms. The lowest BCUT2D eigenvalue weighted by Crippen LogP contribution is -2.45. The van der Waals surface area contributed by atoms with E-state index in [4.69, 9.17) is 14.9 Å². The number of carbonyl (C=O) groups is 2. The highest BCUT2D eigenvalue weighted by Crippen LogP contribution is 2.23. The smallest absolute Gasteiger partial charge is 0.415 e. The molecule has 124 valence electrons. The highest BCUT2D eigenvalue weighted by Gasteiger charge is 2.38. The van der Waals surface area contributed by atoms with Gasteiger partial charge in [0.05, 0.1) is 0 Å². The number of aliphatic carboxylic acids is 1. The van der Waals surface area contributed by atoms with Crippen molar-refractivity contribution in [1.82, 2.24) is 5.32 Å². The number of aliphatic hydroxyl groups excluding tert-OH is 1. The summed E-state index contributed by atoms with van der Waals surface area (Å²) in [6.07, 6.45) is -8.28. The van der Waals surface area contributed by atoms with Crippen LogP contribution in [0.3, 0.4) is 0 Å². The molecule has 0 aromatic rings. The standard InChI is InChI=1S/C11H18F3NO5S/c1-10(2,3)20-9(19)15-6(8(17)18)4-21-5-7(16)11(12,13)14/h6-7,16H,4-5H2,1-3H3,(H,15,19)(H,17,18). The number of alkyl carbamates (subject to hydrolysis) is 1. The molecule has 0 rings (SSSR count). The van der Waals surface area contributed by atoms with Gasteiger partial charge in [0.2, 0.25) is 0 Å². The third-order valence-electron chi connectivity index (χ3n) is 1.93. The van der Waals surface area contributed by atoms with E-state index in [2.05, 4.69) is 0 Å². The summed E-state index contributed by atoms with van der Waals surface area (Å²) in [4.78, 5) is 22.3. The summed E-state index contributed by atoms with van der Waals surface area (Å²) in [5, 5.41) is 19.7. The van der Waals surface area contributed by atoms with Gasteiger partial charge < -0.3 is 20.3 Å². The molecule has 3 N–H and O–H groups in total. The van der Waals surface area contributed by atoms with Gasteiger partial charge in [0.1, 0.15) is 11.6 Å². The molecule has 0 aliphatic carbocycles. The molecule has 0 saturated carbocycles. The van der Waals surface area contributed by atoms with Crippen LogP contribution in [0.25, 0.3) is 0 Å². The van der Waals surface area contributed by atoms with E-state index in [0.29, 0.717) is 11.8 Å². The highest BCUT2D eigenvalue weighted by atomic mass is 32.2. The van der Waals surface area contributed by atoms with Gasteiger partial charge in [-0.2, -0.15) is 24.9 Å². The van der Waals surface area contributed by atoms with Gasteiger partial charge in [-0.25, -0.2) is 9.59 Å². The van der Waals surface area contributed by atoms with Crippen LogP contribution in [0.15, 0.2) is 0 Å². The van der Waals surface area contributed by atoms with Crippen LogP contribution in [-0.4, -0.2) is 57.7 Å². The second-order valence-electron chi connectivity index (χ2n) is 5.13. The zero-order valence-corrected chi connectivity index (χ0v) is 12.5. The van der Waals surface area contributed by atoms with Gasteiger partial charge in [0.25, 0.3) is 0 Å². The highest BCUT2D eigenvalue weighted by molar-refractivity contribution is 7.99. The Labute approximate surface area is 124 Å². The SMILES string of the molecule is CC(C)(C)OC(=O)NC(CSCC(O)C(F)(F)F)C(=O)O. The predicted molar refractivity (Wildman–Crippen MR) is 70.2 cm³/mol. The Morgan fingerprint density at radius 1 is 1.24 bits per heavy atom. The van der Waals surface area contributed by atoms with Crippen LogP contribution in [0.5, 0.6) is 0 Å². The van der Waals surface area contributed by atoms with E-state index in [9.17, 15) is 22.8 Å². The van der Waals surface area contributed by atoms with Crippen molar-refractivity contribution in [2.75, 3.05) is 11.5 Å². The maximum absolute atomic E-state index is 12.1. The lowest BCUT2D eigenvalue weighted by atomic mass is 10.2. The molecular formula is C11H18F3NO5S. The predicted octanol–water partition coefficient (Wildman–Crippen LogP) is 1.62. The van der Waals surface area contributed by atoms with Crippen LogP contribution in [0.1, 0.15) is 20.8 Å². The number of carboxylic acids is 1. The molecule has 0 aromatic carbocycles. The minimum atomic E-state index is -4.76. The van der Waals surface area contributed by atoms with Crippen molar-refractivity contribution in [1.29, 1.82) is 0 Å². The van der Waals surface area contributed by atoms with Crippen molar-refractivity contribution in [2.24, 2.45) is 0 Å². The number of hydrogen-bond donors (Lipinski definition) is 3. The summed E-state index contributed by atoms with van der Waals surface area (Å²) in [7, 11) is 0. The average molecular weight is 333 g/mol. The van der Waals surface area contributed by atoms with Gasteiger partial charge in [0.15, 0.2) is 6.10 Å². The number of amides is 1. The first-order valence-corrected chi connectivity index (χ1v) is 7.03. The Balaban J connectivity index is 4.33. The van der Waals surface area contributed by atoms with E-state index in [1.165, 1.54) is 0 Å². The average Bonchev–Trinajstić information content (AvgIpc) is 2.23. The molecule has 6 nitrogen and oxygen atoms in total. The molecule has 0 fully saturated rings. The van der Waals surface area contributed by atoms with Crippen LogP contribution >= 0.6 is 11.8 Å². The summed E-state index contributed by atoms with van der Waals surface area (Å²) < 4.78 is 41.0. The minimum absolute atomic E-state index is 0.332. The molecule has 0 aliphatic heterocycles. The number of ether oxygens (including phenoxy) is 1. The molecule has 2 unspecified atom stereocenters. The number of carbonyl (C=O) groups excluding carboxylic acids is 1. The lowest BCUT2D eigenvalue weighted by Gasteiger charge is -2.22. The summed E-state index contributed by atoms with van der Waals surface area (Å²) >= 11 is 0.564. The van der Waals surface area contributed by atoms with Crippen LogP contribution in [-0.2, 0) is 9.53 Å². The molecule has 0 saturated heterocycles. The lowest BCUT2D eigenvalue weighted by molar-refractivity contribution is -0.195. The van der Waals surface area contributed by atoms with Gasteiger partial charge in [-0.05, 0) is 20.8 Å². The number of alkyl halides is 3. The second kappa shape index (κ2) is 7.74. The number of thioether (sulfide) groups is 1. The van der Waals surface area contributed by atoms with Crippen molar-refractivity contribution in [3.63, 3.8) is 0 Å². The number of nitrogens with one attached hydrogen (secondary N) is 1. The number of rotatable bonds is 6. The molecule has 0 radical (unpaired) electrons. The van der Waals surface area contributed by atoms with E-state index in [1.807, 2.05) is 5.32 Å². The first-order chi connectivity index (χ1) is 9.33. The van der Waals surface area contributed by atoms with Gasteiger partial charge in [0, 0.05) is 11.5 Å². The van der Waals surface area contributed by atoms with Crippen LogP contribution in [0.2, 0.25) is 0 Å². The van der Waals surface area contributed by atoms with E-state index in [-0.39, 0.29) is 5.75 Å². The monoisotopic (exact) mass is 333 g/mol. The Hall–Kier alpha value is -1.16. The Morgan fingerprint density at radius 3 is 2.14 bits per heavy atom. The van der Waals surface area contributed by atoms with Gasteiger partial charge in [-0.1, -0.05) is 0 Å². The molecule has 0 spiro atoms. The summed E-state index contributed by atoms with van der Waals surface area (Å²) in [6.45, 7) is 4.74. The number of hydrogen-bond acceptors (Lipinski definition) is 5. The van der Waals surface area contributed by atoms with Crippen LogP contribution in [0.4, 0.5) is 18.0 Å². The minimum Gasteiger partial charge on any atom is -0.480 e. The van der Waals surface area contributed by atoms with Crippen molar-refractivity contribution in [2.45, 2.75) is 44.7 Å². The van der Waals surface area contributed by atoms with E-state index in [1.54, 1.807) is 20.8 Å². The van der Waals surface area contributed by atoms with E-state index in [0.717, 1.165) is 0 Å². The third-order valence-corrected chi connectivity index (χ3v) is 3.05. The quantitative estimate of drug-likeness (QED) is 0.684. The molecule has 1 amide bonds. The number of carboxylic acid groups (broad SMARTS) is 1.